The number of hydrogen-bond donors (Lipinski definition) is 0. The van der Waals surface area contributed by atoms with E-state index < -0.39 is 0 Å². The molecule has 0 spiro atoms. The van der Waals surface area contributed by atoms with Gasteiger partial charge in [-0.15, -0.1) is 8.58 Å². The summed E-state index contributed by atoms with van der Waals surface area (Å²) in [5.41, 5.74) is 3.58. The molecule has 101 valence electrons. The van der Waals surface area contributed by atoms with Gasteiger partial charge in [-0.3, -0.25) is 14.2 Å². The van der Waals surface area contributed by atoms with Gasteiger partial charge in [0.05, 0.1) is 0 Å². The quantitative estimate of drug-likeness (QED) is 0.371. The van der Waals surface area contributed by atoms with Crippen LogP contribution in [-0.2, 0) is 21.7 Å². The Morgan fingerprint density at radius 3 is 2.06 bits per heavy atom. The van der Waals surface area contributed by atoms with Crippen molar-refractivity contribution in [3.05, 3.63) is 20.5 Å². The Hall–Kier alpha value is 1.57. The summed E-state index contributed by atoms with van der Waals surface area (Å²) in [7, 11) is 2.24. The third-order valence-electron chi connectivity index (χ3n) is 4.02. The molecule has 17 heavy (non-hydrogen) atoms. The van der Waals surface area contributed by atoms with Gasteiger partial charge >= 0.3 is 21.7 Å². The summed E-state index contributed by atoms with van der Waals surface area (Å²) in [5.74, 6) is 0. The molecule has 0 amide bonds. The minimum Gasteiger partial charge on any atom is -0.358 e. The van der Waals surface area contributed by atoms with Crippen LogP contribution in [0.15, 0.2) is 0 Å². The Morgan fingerprint density at radius 2 is 1.71 bits per heavy atom. The predicted octanol–water partition coefficient (Wildman–Crippen LogP) is 5.39. The van der Waals surface area contributed by atoms with Crippen molar-refractivity contribution in [2.24, 2.45) is 5.41 Å². The van der Waals surface area contributed by atoms with Crippen LogP contribution in [0.3, 0.4) is 0 Å². The van der Waals surface area contributed by atoms with Gasteiger partial charge in [-0.25, -0.2) is 0 Å². The fraction of sp³-hybridized carbons (Fsp3) is 0.786. The summed E-state index contributed by atoms with van der Waals surface area (Å²) in [6, 6.07) is 0. The Kier molecular flexibility index (Phi) is 15.9. The van der Waals surface area contributed by atoms with Gasteiger partial charge in [0.1, 0.15) is 0 Å². The number of hydrogen-bond acceptors (Lipinski definition) is 0. The van der Waals surface area contributed by atoms with Gasteiger partial charge in [-0.05, 0) is 18.7 Å². The second kappa shape index (κ2) is 11.4. The van der Waals surface area contributed by atoms with E-state index in [1.54, 1.807) is 0 Å². The fourth-order valence-electron chi connectivity index (χ4n) is 2.67. The number of rotatable bonds is 4. The van der Waals surface area contributed by atoms with Crippen molar-refractivity contribution in [2.75, 3.05) is 13.3 Å². The summed E-state index contributed by atoms with van der Waals surface area (Å²) in [4.78, 5) is 0. The first-order valence-electron chi connectivity index (χ1n) is 5.89. The summed E-state index contributed by atoms with van der Waals surface area (Å²) in [6.45, 7) is 9.54. The topological polar surface area (TPSA) is 0 Å². The second-order valence-corrected chi connectivity index (χ2v) is 7.23. The molecule has 3 heteroatoms. The van der Waals surface area contributed by atoms with Crippen LogP contribution in [0.1, 0.15) is 46.0 Å². The maximum atomic E-state index is 2.39. The van der Waals surface area contributed by atoms with E-state index in [9.17, 15) is 0 Å². The van der Waals surface area contributed by atoms with Gasteiger partial charge < -0.3 is 14.9 Å². The molecule has 0 aromatic rings. The summed E-state index contributed by atoms with van der Waals surface area (Å²) in [5, 5.41) is 0. The molecule has 0 aromatic carbocycles. The van der Waals surface area contributed by atoms with E-state index in [4.69, 9.17) is 0 Å². The molecule has 1 aliphatic carbocycles. The van der Waals surface area contributed by atoms with Crippen molar-refractivity contribution in [1.82, 2.24) is 0 Å². The predicted molar refractivity (Wildman–Crippen MR) is 85.2 cm³/mol. The molecule has 1 radical (unpaired) electrons. The molecule has 3 atom stereocenters. The van der Waals surface area contributed by atoms with Crippen LogP contribution in [0.4, 0.5) is 0 Å². The Balaban J connectivity index is -0.000000653. The maximum absolute atomic E-state index is 2.39. The Labute approximate surface area is 129 Å². The normalized spacial score (nSPS) is 24.4. The van der Waals surface area contributed by atoms with Gasteiger partial charge in [0.25, 0.3) is 0 Å². The smallest absolute Gasteiger partial charge is 0.358 e. The van der Waals surface area contributed by atoms with Gasteiger partial charge in [0, 0.05) is 0 Å². The van der Waals surface area contributed by atoms with E-state index in [1.165, 1.54) is 32.1 Å². The van der Waals surface area contributed by atoms with Crippen LogP contribution in [0.2, 0.25) is 0 Å². The van der Waals surface area contributed by atoms with Crippen LogP contribution < -0.4 is 0 Å². The zero-order chi connectivity index (χ0) is 10.6. The van der Waals surface area contributed by atoms with Crippen LogP contribution in [0.25, 0.3) is 0 Å². The maximum Gasteiger partial charge on any atom is 3.00 e. The first kappa shape index (κ1) is 23.7. The largest absolute Gasteiger partial charge is 3.00 e. The molecule has 0 aliphatic heterocycles. The Morgan fingerprint density at radius 1 is 1.18 bits per heavy atom. The molecular weight excluding hydrogens is 278 g/mol. The van der Waals surface area contributed by atoms with Crippen LogP contribution >= 0.6 is 17.2 Å². The summed E-state index contributed by atoms with van der Waals surface area (Å²) >= 11 is 0. The first-order chi connectivity index (χ1) is 6.69. The molecule has 0 heterocycles. The van der Waals surface area contributed by atoms with Crippen molar-refractivity contribution in [1.29, 1.82) is 0 Å². The van der Waals surface area contributed by atoms with Gasteiger partial charge in [0.2, 0.25) is 0 Å². The molecule has 0 aromatic heterocycles. The second-order valence-electron chi connectivity index (χ2n) is 4.63. The van der Waals surface area contributed by atoms with E-state index in [0.29, 0.717) is 5.41 Å². The minimum absolute atomic E-state index is 0. The monoisotopic (exact) mass is 309 g/mol. The van der Waals surface area contributed by atoms with E-state index in [-0.39, 0.29) is 36.6 Å². The SMILES string of the molecule is CCC1(CC)C[C-](PC)CC(PC)C1.[CH3-].[CH3-].[Ti+3]. The summed E-state index contributed by atoms with van der Waals surface area (Å²) < 4.78 is 0. The van der Waals surface area contributed by atoms with Crippen molar-refractivity contribution in [3.63, 3.8) is 0 Å². The van der Waals surface area contributed by atoms with E-state index in [1.807, 2.05) is 5.66 Å². The van der Waals surface area contributed by atoms with E-state index >= 15 is 0 Å². The molecule has 0 N–H and O–H groups in total. The third kappa shape index (κ3) is 6.52. The van der Waals surface area contributed by atoms with Crippen molar-refractivity contribution in [2.45, 2.75) is 51.6 Å². The van der Waals surface area contributed by atoms with E-state index in [2.05, 4.69) is 27.2 Å². The van der Waals surface area contributed by atoms with Crippen LogP contribution in [0, 0.1) is 25.9 Å². The van der Waals surface area contributed by atoms with Gasteiger partial charge in [0.15, 0.2) is 0 Å². The molecule has 0 saturated heterocycles. The molecule has 0 nitrogen and oxygen atoms in total. The zero-order valence-corrected chi connectivity index (χ0v) is 16.2. The standard InChI is InChI=1S/C12H25P2.2CH3.Ti/c1-5-12(6-2)8-10(13-3)7-11(9-12)14-4;;;/h10,13-14H,5-9H2,1-4H3;2*1H3;/q3*-1;+3. The van der Waals surface area contributed by atoms with Crippen molar-refractivity contribution in [3.8, 4) is 0 Å². The molecular formula is C14H31P2Ti. The Bertz CT molecular complexity index is 156. The molecule has 3 unspecified atom stereocenters. The van der Waals surface area contributed by atoms with Gasteiger partial charge in [-0.1, -0.05) is 38.8 Å². The van der Waals surface area contributed by atoms with Gasteiger partial charge in [-0.2, -0.15) is 12.8 Å². The van der Waals surface area contributed by atoms with Crippen molar-refractivity contribution >= 4 is 17.2 Å². The first-order valence-corrected chi connectivity index (χ1v) is 8.97. The average Bonchev–Trinajstić information content (AvgIpc) is 2.28. The molecule has 0 bridgehead atoms. The summed E-state index contributed by atoms with van der Waals surface area (Å²) in [6.07, 6.45) is 7.17. The minimum atomic E-state index is 0. The molecule has 1 fully saturated rings. The zero-order valence-electron chi connectivity index (χ0n) is 12.6. The molecule has 1 saturated carbocycles. The van der Waals surface area contributed by atoms with E-state index in [0.717, 1.165) is 22.8 Å². The third-order valence-corrected chi connectivity index (χ3v) is 6.34. The van der Waals surface area contributed by atoms with Crippen molar-refractivity contribution < 1.29 is 21.7 Å². The fourth-order valence-corrected chi connectivity index (χ4v) is 4.97. The van der Waals surface area contributed by atoms with Crippen LogP contribution in [0.5, 0.6) is 0 Å². The molecule has 1 rings (SSSR count). The molecule has 1 aliphatic rings. The van der Waals surface area contributed by atoms with Crippen LogP contribution in [-0.4, -0.2) is 19.0 Å². The average molecular weight is 309 g/mol.